The fourth-order valence-corrected chi connectivity index (χ4v) is 3.65. The third-order valence-corrected chi connectivity index (χ3v) is 5.55. The van der Waals surface area contributed by atoms with Crippen molar-refractivity contribution in [3.05, 3.63) is 76.8 Å². The second-order valence-electron chi connectivity index (χ2n) is 5.90. The molecule has 29 heavy (non-hydrogen) atoms. The van der Waals surface area contributed by atoms with Crippen LogP contribution in [-0.4, -0.2) is 31.2 Å². The van der Waals surface area contributed by atoms with E-state index in [2.05, 4.69) is 10.4 Å². The van der Waals surface area contributed by atoms with E-state index in [1.54, 1.807) is 0 Å². The van der Waals surface area contributed by atoms with Crippen LogP contribution < -0.4 is 15.6 Å². The lowest BCUT2D eigenvalue weighted by Crippen LogP contribution is -2.30. The molecule has 0 saturated carbocycles. The Morgan fingerprint density at radius 1 is 1.14 bits per heavy atom. The van der Waals surface area contributed by atoms with Crippen molar-refractivity contribution in [3.63, 3.8) is 0 Å². The SMILES string of the molecule is COc1ccc(S(=O)(=O)c2ccc(=O)n(CC(=O)Nc3cccc(F)c3)n2)cc1. The number of carbonyl (C=O) groups excluding carboxylic acids is 1. The fraction of sp³-hybridized carbons (Fsp3) is 0.105. The van der Waals surface area contributed by atoms with Gasteiger partial charge in [-0.2, -0.15) is 5.10 Å². The van der Waals surface area contributed by atoms with E-state index in [-0.39, 0.29) is 15.6 Å². The van der Waals surface area contributed by atoms with Gasteiger partial charge in [0.15, 0.2) is 5.03 Å². The van der Waals surface area contributed by atoms with Crippen molar-refractivity contribution in [3.8, 4) is 5.75 Å². The Hall–Kier alpha value is -3.53. The quantitative estimate of drug-likeness (QED) is 0.656. The maximum absolute atomic E-state index is 13.2. The maximum atomic E-state index is 13.2. The van der Waals surface area contributed by atoms with E-state index >= 15 is 0 Å². The van der Waals surface area contributed by atoms with Crippen LogP contribution in [0, 0.1) is 5.82 Å². The normalized spacial score (nSPS) is 11.1. The number of rotatable bonds is 6. The molecule has 0 unspecified atom stereocenters. The minimum atomic E-state index is -4.01. The van der Waals surface area contributed by atoms with Crippen LogP contribution >= 0.6 is 0 Å². The predicted molar refractivity (Wildman–Crippen MR) is 102 cm³/mol. The Morgan fingerprint density at radius 3 is 2.52 bits per heavy atom. The van der Waals surface area contributed by atoms with Gasteiger partial charge in [-0.1, -0.05) is 6.07 Å². The topological polar surface area (TPSA) is 107 Å². The van der Waals surface area contributed by atoms with Gasteiger partial charge in [0.1, 0.15) is 18.1 Å². The molecule has 1 N–H and O–H groups in total. The summed E-state index contributed by atoms with van der Waals surface area (Å²) in [6.45, 7) is -0.540. The molecule has 0 radical (unpaired) electrons. The highest BCUT2D eigenvalue weighted by atomic mass is 32.2. The Morgan fingerprint density at radius 2 is 1.86 bits per heavy atom. The van der Waals surface area contributed by atoms with Crippen molar-refractivity contribution in [1.29, 1.82) is 0 Å². The number of nitrogens with zero attached hydrogens (tertiary/aromatic N) is 2. The van der Waals surface area contributed by atoms with Crippen LogP contribution in [0.25, 0.3) is 0 Å². The van der Waals surface area contributed by atoms with Gasteiger partial charge < -0.3 is 10.1 Å². The zero-order valence-corrected chi connectivity index (χ0v) is 16.0. The first kappa shape index (κ1) is 20.2. The summed E-state index contributed by atoms with van der Waals surface area (Å²) in [5, 5.41) is 5.84. The number of carbonyl (C=O) groups is 1. The van der Waals surface area contributed by atoms with Crippen LogP contribution in [0.4, 0.5) is 10.1 Å². The van der Waals surface area contributed by atoms with E-state index < -0.39 is 33.7 Å². The molecule has 10 heteroatoms. The van der Waals surface area contributed by atoms with Crippen molar-refractivity contribution in [1.82, 2.24) is 9.78 Å². The number of anilines is 1. The molecule has 0 atom stereocenters. The summed E-state index contributed by atoms with van der Waals surface area (Å²) in [7, 11) is -2.56. The van der Waals surface area contributed by atoms with Crippen LogP contribution in [0.5, 0.6) is 5.75 Å². The van der Waals surface area contributed by atoms with Crippen molar-refractivity contribution in [2.45, 2.75) is 16.5 Å². The monoisotopic (exact) mass is 417 g/mol. The van der Waals surface area contributed by atoms with Crippen LogP contribution in [0.3, 0.4) is 0 Å². The van der Waals surface area contributed by atoms with Crippen molar-refractivity contribution < 1.29 is 22.3 Å². The lowest BCUT2D eigenvalue weighted by molar-refractivity contribution is -0.117. The highest BCUT2D eigenvalue weighted by Crippen LogP contribution is 2.21. The molecule has 3 aromatic rings. The van der Waals surface area contributed by atoms with Gasteiger partial charge in [0.2, 0.25) is 15.7 Å². The second kappa shape index (κ2) is 8.23. The average molecular weight is 417 g/mol. The van der Waals surface area contributed by atoms with E-state index in [1.165, 1.54) is 49.6 Å². The first-order chi connectivity index (χ1) is 13.8. The average Bonchev–Trinajstić information content (AvgIpc) is 2.69. The van der Waals surface area contributed by atoms with E-state index in [1.807, 2.05) is 0 Å². The van der Waals surface area contributed by atoms with Crippen LogP contribution in [0.1, 0.15) is 0 Å². The van der Waals surface area contributed by atoms with Gasteiger partial charge in [-0.3, -0.25) is 9.59 Å². The molecule has 1 heterocycles. The van der Waals surface area contributed by atoms with Gasteiger partial charge in [0, 0.05) is 11.8 Å². The van der Waals surface area contributed by atoms with Gasteiger partial charge in [-0.25, -0.2) is 17.5 Å². The predicted octanol–water partition coefficient (Wildman–Crippen LogP) is 1.86. The molecule has 1 amide bonds. The number of methoxy groups -OCH3 is 1. The lowest BCUT2D eigenvalue weighted by Gasteiger charge is -2.09. The summed E-state index contributed by atoms with van der Waals surface area (Å²) in [5.41, 5.74) is -0.460. The summed E-state index contributed by atoms with van der Waals surface area (Å²) in [5.74, 6) is -0.717. The number of hydrogen-bond donors (Lipinski definition) is 1. The number of benzene rings is 2. The van der Waals surface area contributed by atoms with E-state index in [0.717, 1.165) is 22.9 Å². The molecule has 0 fully saturated rings. The van der Waals surface area contributed by atoms with Gasteiger partial charge in [0.05, 0.1) is 12.0 Å². The fourth-order valence-electron chi connectivity index (χ4n) is 2.47. The molecule has 0 bridgehead atoms. The van der Waals surface area contributed by atoms with Crippen LogP contribution in [0.15, 0.2) is 75.4 Å². The molecule has 1 aromatic heterocycles. The standard InChI is InChI=1S/C19H16FN3O5S/c1-28-15-5-7-16(8-6-15)29(26,27)18-9-10-19(25)23(22-18)12-17(24)21-14-4-2-3-13(20)11-14/h2-11H,12H2,1H3,(H,21,24). The second-order valence-corrected chi connectivity index (χ2v) is 7.80. The number of sulfone groups is 1. The summed E-state index contributed by atoms with van der Waals surface area (Å²) < 4.78 is 44.4. The molecule has 0 aliphatic carbocycles. The summed E-state index contributed by atoms with van der Waals surface area (Å²) in [6.07, 6.45) is 0. The maximum Gasteiger partial charge on any atom is 0.267 e. The highest BCUT2D eigenvalue weighted by molar-refractivity contribution is 7.91. The summed E-state index contributed by atoms with van der Waals surface area (Å²) >= 11 is 0. The number of nitrogens with one attached hydrogen (secondary N) is 1. The molecule has 0 aliphatic rings. The van der Waals surface area contributed by atoms with Gasteiger partial charge in [0.25, 0.3) is 5.56 Å². The molecular weight excluding hydrogens is 401 g/mol. The van der Waals surface area contributed by atoms with E-state index in [4.69, 9.17) is 4.74 Å². The van der Waals surface area contributed by atoms with Gasteiger partial charge in [-0.15, -0.1) is 0 Å². The third-order valence-electron chi connectivity index (χ3n) is 3.89. The summed E-state index contributed by atoms with van der Waals surface area (Å²) in [6, 6.07) is 13.0. The van der Waals surface area contributed by atoms with Crippen LogP contribution in [-0.2, 0) is 21.2 Å². The molecular formula is C19H16FN3O5S. The Balaban J connectivity index is 1.85. The molecule has 0 saturated heterocycles. The number of amides is 1. The molecule has 0 spiro atoms. The van der Waals surface area contributed by atoms with E-state index in [9.17, 15) is 22.4 Å². The first-order valence-electron chi connectivity index (χ1n) is 8.32. The third kappa shape index (κ3) is 4.66. The number of ether oxygens (including phenoxy) is 1. The van der Waals surface area contributed by atoms with E-state index in [0.29, 0.717) is 5.75 Å². The molecule has 2 aromatic carbocycles. The molecule has 0 aliphatic heterocycles. The minimum Gasteiger partial charge on any atom is -0.497 e. The first-order valence-corrected chi connectivity index (χ1v) is 9.80. The number of hydrogen-bond acceptors (Lipinski definition) is 6. The molecule has 150 valence electrons. The summed E-state index contributed by atoms with van der Waals surface area (Å²) in [4.78, 5) is 24.1. The zero-order chi connectivity index (χ0) is 21.0. The Kier molecular flexibility index (Phi) is 5.74. The largest absolute Gasteiger partial charge is 0.497 e. The van der Waals surface area contributed by atoms with Crippen molar-refractivity contribution in [2.24, 2.45) is 0 Å². The molecule has 3 rings (SSSR count). The van der Waals surface area contributed by atoms with Crippen molar-refractivity contribution in [2.75, 3.05) is 12.4 Å². The lowest BCUT2D eigenvalue weighted by atomic mass is 10.3. The van der Waals surface area contributed by atoms with Gasteiger partial charge >= 0.3 is 0 Å². The highest BCUT2D eigenvalue weighted by Gasteiger charge is 2.21. The zero-order valence-electron chi connectivity index (χ0n) is 15.2. The molecule has 8 nitrogen and oxygen atoms in total. The number of aromatic nitrogens is 2. The minimum absolute atomic E-state index is 0.0415. The van der Waals surface area contributed by atoms with Gasteiger partial charge in [-0.05, 0) is 48.5 Å². The van der Waals surface area contributed by atoms with Crippen molar-refractivity contribution >= 4 is 21.4 Å². The number of halogens is 1. The van der Waals surface area contributed by atoms with Crippen LogP contribution in [0.2, 0.25) is 0 Å². The Bertz CT molecular complexity index is 1210. The Labute approximate surface area is 165 Å². The smallest absolute Gasteiger partial charge is 0.267 e.